The third kappa shape index (κ3) is 3.54. The fourth-order valence-corrected chi connectivity index (χ4v) is 1.68. The molecule has 0 radical (unpaired) electrons. The first-order valence-corrected chi connectivity index (χ1v) is 5.72. The van der Waals surface area contributed by atoms with Gasteiger partial charge >= 0.3 is 0 Å². The molecule has 0 N–H and O–H groups in total. The summed E-state index contributed by atoms with van der Waals surface area (Å²) in [5.41, 5.74) is 2.08. The third-order valence-electron chi connectivity index (χ3n) is 2.53. The Morgan fingerprint density at radius 2 is 1.00 bits per heavy atom. The monoisotopic (exact) mass is 212 g/mol. The van der Waals surface area contributed by atoms with Crippen LogP contribution < -0.4 is 0 Å². The third-order valence-corrected chi connectivity index (χ3v) is 2.53. The molecule has 0 heteroatoms. The Morgan fingerprint density at radius 1 is 0.625 bits per heavy atom. The van der Waals surface area contributed by atoms with Crippen molar-refractivity contribution in [2.75, 3.05) is 0 Å². The van der Waals surface area contributed by atoms with Crippen molar-refractivity contribution in [3.63, 3.8) is 0 Å². The lowest BCUT2D eigenvalue weighted by Gasteiger charge is -2.02. The number of hydrogen-bond acceptors (Lipinski definition) is 0. The Labute approximate surface area is 101 Å². The molecule has 0 saturated carbocycles. The molecule has 0 aliphatic heterocycles. The van der Waals surface area contributed by atoms with Gasteiger partial charge in [-0.1, -0.05) is 60.7 Å². The average Bonchev–Trinajstić information content (AvgIpc) is 2.46. The molecule has 2 unspecified atom stereocenters. The molecule has 0 aliphatic rings. The molecule has 82 valence electrons. The summed E-state index contributed by atoms with van der Waals surface area (Å²) in [6.45, 7) is 0. The number of aryl methyl sites for hydroxylation is 2. The van der Waals surface area contributed by atoms with Gasteiger partial charge in [-0.25, -0.2) is 0 Å². The Morgan fingerprint density at radius 3 is 1.38 bits per heavy atom. The van der Waals surface area contributed by atoms with Crippen LogP contribution >= 0.6 is 0 Å². The highest BCUT2D eigenvalue weighted by Gasteiger charge is 1.94. The first kappa shape index (κ1) is 8.58. The van der Waals surface area contributed by atoms with Gasteiger partial charge in [0.25, 0.3) is 0 Å². The minimum absolute atomic E-state index is 0.220. The van der Waals surface area contributed by atoms with Gasteiger partial charge in [0.1, 0.15) is 0 Å². The zero-order chi connectivity index (χ0) is 12.8. The van der Waals surface area contributed by atoms with Crippen LogP contribution in [0.15, 0.2) is 60.7 Å². The van der Waals surface area contributed by atoms with Crippen LogP contribution in [0.2, 0.25) is 0 Å². The van der Waals surface area contributed by atoms with E-state index in [-0.39, 0.29) is 12.8 Å². The van der Waals surface area contributed by atoms with E-state index in [4.69, 9.17) is 2.74 Å². The Hall–Kier alpha value is -1.56. The Balaban J connectivity index is 1.89. The summed E-state index contributed by atoms with van der Waals surface area (Å²) in [5.74, 6) is 0. The lowest BCUT2D eigenvalue weighted by molar-refractivity contribution is 0.734. The molecule has 0 heterocycles. The molecule has 0 spiro atoms. The quantitative estimate of drug-likeness (QED) is 0.695. The summed E-state index contributed by atoms with van der Waals surface area (Å²) >= 11 is 0. The highest BCUT2D eigenvalue weighted by atomic mass is 14.0. The first-order chi connectivity index (χ1) is 8.77. The van der Waals surface area contributed by atoms with E-state index in [9.17, 15) is 0 Å². The van der Waals surface area contributed by atoms with E-state index in [1.807, 2.05) is 60.7 Å². The van der Waals surface area contributed by atoms with Crippen molar-refractivity contribution < 1.29 is 2.74 Å². The van der Waals surface area contributed by atoms with Crippen LogP contribution in [0.5, 0.6) is 0 Å². The van der Waals surface area contributed by atoms with Crippen LogP contribution in [-0.4, -0.2) is 0 Å². The van der Waals surface area contributed by atoms with E-state index in [0.717, 1.165) is 24.0 Å². The van der Waals surface area contributed by atoms with Crippen molar-refractivity contribution in [3.05, 3.63) is 71.8 Å². The van der Waals surface area contributed by atoms with Crippen LogP contribution in [0.3, 0.4) is 0 Å². The van der Waals surface area contributed by atoms with Gasteiger partial charge in [-0.15, -0.1) is 0 Å². The van der Waals surface area contributed by atoms with Gasteiger partial charge in [-0.05, 0) is 36.8 Å². The van der Waals surface area contributed by atoms with Crippen molar-refractivity contribution in [1.29, 1.82) is 0 Å². The van der Waals surface area contributed by atoms with Crippen molar-refractivity contribution in [2.45, 2.75) is 25.6 Å². The van der Waals surface area contributed by atoms with Crippen LogP contribution in [-0.2, 0) is 12.8 Å². The number of hydrogen-bond donors (Lipinski definition) is 0. The predicted octanol–water partition coefficient (Wildman–Crippen LogP) is 4.25. The second kappa shape index (κ2) is 6.12. The summed E-state index contributed by atoms with van der Waals surface area (Å²) in [6, 6.07) is 19.7. The van der Waals surface area contributed by atoms with Gasteiger partial charge in [-0.2, -0.15) is 0 Å². The van der Waals surface area contributed by atoms with Crippen LogP contribution in [0.1, 0.15) is 26.7 Å². The normalized spacial score (nSPS) is 16.0. The Kier molecular flexibility index (Phi) is 3.28. The van der Waals surface area contributed by atoms with Crippen molar-refractivity contribution in [2.24, 2.45) is 0 Å². The van der Waals surface area contributed by atoms with Gasteiger partial charge in [0.2, 0.25) is 0 Å². The molecule has 0 bridgehead atoms. The number of benzene rings is 2. The molecule has 16 heavy (non-hydrogen) atoms. The zero-order valence-electron chi connectivity index (χ0n) is 11.3. The molecule has 2 atom stereocenters. The summed E-state index contributed by atoms with van der Waals surface area (Å²) in [5, 5.41) is 0. The van der Waals surface area contributed by atoms with Crippen LogP contribution in [0.4, 0.5) is 0 Å². The van der Waals surface area contributed by atoms with E-state index in [1.165, 1.54) is 0 Å². The summed E-state index contributed by atoms with van der Waals surface area (Å²) in [4.78, 5) is 0. The Bertz CT molecular complexity index is 408. The summed E-state index contributed by atoms with van der Waals surface area (Å²) in [6.07, 6.45) is 1.02. The fraction of sp³-hybridized carbons (Fsp3) is 0.250. The molecular formula is C16H18. The van der Waals surface area contributed by atoms with Crippen molar-refractivity contribution >= 4 is 0 Å². The summed E-state index contributed by atoms with van der Waals surface area (Å²) < 4.78 is 16.2. The highest BCUT2D eigenvalue weighted by molar-refractivity contribution is 5.16. The van der Waals surface area contributed by atoms with E-state index in [2.05, 4.69) is 0 Å². The molecular weight excluding hydrogens is 192 g/mol. The molecule has 0 fully saturated rings. The lowest BCUT2D eigenvalue weighted by Crippen LogP contribution is -1.88. The van der Waals surface area contributed by atoms with E-state index in [0.29, 0.717) is 0 Å². The number of rotatable bonds is 5. The highest BCUT2D eigenvalue weighted by Crippen LogP contribution is 2.08. The SMILES string of the molecule is [2H]C(CCC([2H])c1ccccc1)c1ccccc1. The maximum Gasteiger partial charge on any atom is 0.0316 e. The fourth-order valence-electron chi connectivity index (χ4n) is 1.68. The largest absolute Gasteiger partial charge is 0.0622 e. The van der Waals surface area contributed by atoms with Crippen LogP contribution in [0, 0.1) is 0 Å². The minimum Gasteiger partial charge on any atom is -0.0622 e. The molecule has 0 aromatic heterocycles. The zero-order valence-corrected chi connectivity index (χ0v) is 9.34. The maximum atomic E-state index is 8.09. The van der Waals surface area contributed by atoms with Crippen molar-refractivity contribution in [1.82, 2.24) is 0 Å². The lowest BCUT2D eigenvalue weighted by atomic mass is 10.0. The second-order valence-electron chi connectivity index (χ2n) is 3.81. The van der Waals surface area contributed by atoms with E-state index in [1.54, 1.807) is 0 Å². The average molecular weight is 212 g/mol. The standard InChI is InChI=1S/C16H18/c1-3-9-15(10-4-1)13-7-8-14-16-11-5-2-6-12-16/h1-6,9-12H,7-8,13-14H2/i13D,14D. The predicted molar refractivity (Wildman–Crippen MR) is 69.5 cm³/mol. The molecule has 0 amide bonds. The second-order valence-corrected chi connectivity index (χ2v) is 3.81. The van der Waals surface area contributed by atoms with Gasteiger partial charge < -0.3 is 0 Å². The van der Waals surface area contributed by atoms with E-state index >= 15 is 0 Å². The molecule has 0 saturated heterocycles. The maximum absolute atomic E-state index is 8.09. The smallest absolute Gasteiger partial charge is 0.0316 e. The molecule has 2 aromatic carbocycles. The van der Waals surface area contributed by atoms with Gasteiger partial charge in [-0.3, -0.25) is 0 Å². The topological polar surface area (TPSA) is 0 Å². The molecule has 2 rings (SSSR count). The molecule has 0 nitrogen and oxygen atoms in total. The van der Waals surface area contributed by atoms with Crippen molar-refractivity contribution in [3.8, 4) is 0 Å². The van der Waals surface area contributed by atoms with Gasteiger partial charge in [0.05, 0.1) is 0 Å². The first-order valence-electron chi connectivity index (χ1n) is 6.87. The van der Waals surface area contributed by atoms with Gasteiger partial charge in [0, 0.05) is 2.74 Å². The van der Waals surface area contributed by atoms with Gasteiger partial charge in [0.15, 0.2) is 0 Å². The van der Waals surface area contributed by atoms with Crippen LogP contribution in [0.25, 0.3) is 0 Å². The molecule has 2 aromatic rings. The molecule has 0 aliphatic carbocycles. The summed E-state index contributed by atoms with van der Waals surface area (Å²) in [7, 11) is 0. The van der Waals surface area contributed by atoms with E-state index < -0.39 is 0 Å². The minimum atomic E-state index is -0.220.